The summed E-state index contributed by atoms with van der Waals surface area (Å²) in [5, 5.41) is 0. The van der Waals surface area contributed by atoms with Crippen LogP contribution in [0.3, 0.4) is 0 Å². The SMILES string of the molecule is COc1ccc(C)cc1-c1ccncc1N. The van der Waals surface area contributed by atoms with Gasteiger partial charge in [-0.2, -0.15) is 0 Å². The molecule has 0 unspecified atom stereocenters. The number of rotatable bonds is 2. The van der Waals surface area contributed by atoms with Gasteiger partial charge >= 0.3 is 0 Å². The molecule has 0 aliphatic carbocycles. The molecule has 3 heteroatoms. The molecule has 0 aliphatic heterocycles. The molecule has 1 heterocycles. The molecule has 1 aromatic carbocycles. The van der Waals surface area contributed by atoms with Crippen LogP contribution in [0.2, 0.25) is 0 Å². The molecule has 16 heavy (non-hydrogen) atoms. The Bertz CT molecular complexity index is 509. The number of hydrogen-bond donors (Lipinski definition) is 1. The van der Waals surface area contributed by atoms with Crippen LogP contribution in [0, 0.1) is 6.92 Å². The van der Waals surface area contributed by atoms with E-state index >= 15 is 0 Å². The number of methoxy groups -OCH3 is 1. The van der Waals surface area contributed by atoms with Gasteiger partial charge in [0.15, 0.2) is 0 Å². The van der Waals surface area contributed by atoms with E-state index in [2.05, 4.69) is 11.1 Å². The Hall–Kier alpha value is -2.03. The molecule has 0 saturated carbocycles. The van der Waals surface area contributed by atoms with E-state index in [1.165, 1.54) is 5.56 Å². The maximum Gasteiger partial charge on any atom is 0.126 e. The Morgan fingerprint density at radius 3 is 2.69 bits per heavy atom. The van der Waals surface area contributed by atoms with E-state index in [1.807, 2.05) is 25.1 Å². The maximum absolute atomic E-state index is 5.91. The van der Waals surface area contributed by atoms with Crippen molar-refractivity contribution in [2.24, 2.45) is 0 Å². The molecule has 82 valence electrons. The number of nitrogen functional groups attached to an aromatic ring is 1. The number of nitrogens with two attached hydrogens (primary N) is 1. The molecule has 0 fully saturated rings. The Morgan fingerprint density at radius 2 is 2.00 bits per heavy atom. The lowest BCUT2D eigenvalue weighted by Crippen LogP contribution is -1.94. The molecule has 1 aromatic heterocycles. The van der Waals surface area contributed by atoms with Crippen molar-refractivity contribution in [1.29, 1.82) is 0 Å². The van der Waals surface area contributed by atoms with Gasteiger partial charge in [0.25, 0.3) is 0 Å². The summed E-state index contributed by atoms with van der Waals surface area (Å²) in [6.07, 6.45) is 3.38. The molecule has 0 saturated heterocycles. The van der Waals surface area contributed by atoms with Crippen molar-refractivity contribution in [3.8, 4) is 16.9 Å². The summed E-state index contributed by atoms with van der Waals surface area (Å²) < 4.78 is 5.33. The van der Waals surface area contributed by atoms with Crippen molar-refractivity contribution in [1.82, 2.24) is 4.98 Å². The average Bonchev–Trinajstić information content (AvgIpc) is 2.29. The monoisotopic (exact) mass is 214 g/mol. The number of nitrogens with zero attached hydrogens (tertiary/aromatic N) is 1. The van der Waals surface area contributed by atoms with Gasteiger partial charge in [0.1, 0.15) is 5.75 Å². The van der Waals surface area contributed by atoms with E-state index in [0.29, 0.717) is 5.69 Å². The van der Waals surface area contributed by atoms with E-state index in [1.54, 1.807) is 19.5 Å². The second-order valence-electron chi connectivity index (χ2n) is 3.67. The second-order valence-corrected chi connectivity index (χ2v) is 3.67. The largest absolute Gasteiger partial charge is 0.496 e. The highest BCUT2D eigenvalue weighted by Gasteiger charge is 2.08. The third-order valence-electron chi connectivity index (χ3n) is 2.50. The van der Waals surface area contributed by atoms with Gasteiger partial charge in [0, 0.05) is 17.3 Å². The number of anilines is 1. The minimum atomic E-state index is 0.659. The Labute approximate surface area is 94.9 Å². The number of ether oxygens (including phenoxy) is 1. The molecule has 0 amide bonds. The average molecular weight is 214 g/mol. The molecule has 0 bridgehead atoms. The Morgan fingerprint density at radius 1 is 1.19 bits per heavy atom. The first-order valence-corrected chi connectivity index (χ1v) is 5.07. The molecule has 0 atom stereocenters. The third-order valence-corrected chi connectivity index (χ3v) is 2.50. The molecular formula is C13H14N2O. The van der Waals surface area contributed by atoms with E-state index in [-0.39, 0.29) is 0 Å². The number of benzene rings is 1. The lowest BCUT2D eigenvalue weighted by Gasteiger charge is -2.11. The quantitative estimate of drug-likeness (QED) is 0.836. The molecular weight excluding hydrogens is 200 g/mol. The van der Waals surface area contributed by atoms with Crippen molar-refractivity contribution in [3.63, 3.8) is 0 Å². The zero-order valence-corrected chi connectivity index (χ0v) is 9.40. The van der Waals surface area contributed by atoms with Gasteiger partial charge in [-0.05, 0) is 25.1 Å². The maximum atomic E-state index is 5.91. The summed E-state index contributed by atoms with van der Waals surface area (Å²) in [6.45, 7) is 2.04. The standard InChI is InChI=1S/C13H14N2O/c1-9-3-4-13(16-2)11(7-9)10-5-6-15-8-12(10)14/h3-8H,14H2,1-2H3. The molecule has 3 nitrogen and oxygen atoms in total. The lowest BCUT2D eigenvalue weighted by molar-refractivity contribution is 0.416. The van der Waals surface area contributed by atoms with Crippen LogP contribution in [-0.2, 0) is 0 Å². The Balaban J connectivity index is 2.63. The highest BCUT2D eigenvalue weighted by atomic mass is 16.5. The number of pyridine rings is 1. The lowest BCUT2D eigenvalue weighted by atomic mass is 10.0. The van der Waals surface area contributed by atoms with Crippen LogP contribution in [0.25, 0.3) is 11.1 Å². The fourth-order valence-electron chi connectivity index (χ4n) is 1.68. The highest BCUT2D eigenvalue weighted by Crippen LogP contribution is 2.33. The van der Waals surface area contributed by atoms with E-state index < -0.39 is 0 Å². The summed E-state index contributed by atoms with van der Waals surface area (Å²) in [7, 11) is 1.66. The summed E-state index contributed by atoms with van der Waals surface area (Å²) in [5.74, 6) is 0.823. The summed E-state index contributed by atoms with van der Waals surface area (Å²) in [6, 6.07) is 7.92. The van der Waals surface area contributed by atoms with Crippen LogP contribution >= 0.6 is 0 Å². The van der Waals surface area contributed by atoms with Crippen LogP contribution in [0.4, 0.5) is 5.69 Å². The molecule has 0 spiro atoms. The van der Waals surface area contributed by atoms with E-state index in [4.69, 9.17) is 10.5 Å². The predicted octanol–water partition coefficient (Wildman–Crippen LogP) is 2.65. The smallest absolute Gasteiger partial charge is 0.126 e. The Kier molecular flexibility index (Phi) is 2.77. The molecule has 2 N–H and O–H groups in total. The van der Waals surface area contributed by atoms with Gasteiger partial charge in [-0.1, -0.05) is 11.6 Å². The molecule has 2 rings (SSSR count). The fourth-order valence-corrected chi connectivity index (χ4v) is 1.68. The number of aromatic nitrogens is 1. The van der Waals surface area contributed by atoms with Crippen LogP contribution in [0.15, 0.2) is 36.7 Å². The van der Waals surface area contributed by atoms with Gasteiger partial charge in [-0.15, -0.1) is 0 Å². The summed E-state index contributed by atoms with van der Waals surface area (Å²) >= 11 is 0. The van der Waals surface area contributed by atoms with Gasteiger partial charge in [-0.25, -0.2) is 0 Å². The summed E-state index contributed by atoms with van der Waals surface area (Å²) in [5.41, 5.74) is 9.70. The first-order chi connectivity index (χ1) is 7.72. The minimum Gasteiger partial charge on any atom is -0.496 e. The van der Waals surface area contributed by atoms with Crippen molar-refractivity contribution in [2.75, 3.05) is 12.8 Å². The van der Waals surface area contributed by atoms with E-state index in [9.17, 15) is 0 Å². The molecule has 0 aliphatic rings. The third kappa shape index (κ3) is 1.84. The van der Waals surface area contributed by atoms with E-state index in [0.717, 1.165) is 16.9 Å². The first-order valence-electron chi connectivity index (χ1n) is 5.07. The highest BCUT2D eigenvalue weighted by molar-refractivity contribution is 5.80. The van der Waals surface area contributed by atoms with Crippen LogP contribution < -0.4 is 10.5 Å². The van der Waals surface area contributed by atoms with Crippen molar-refractivity contribution < 1.29 is 4.74 Å². The topological polar surface area (TPSA) is 48.1 Å². The van der Waals surface area contributed by atoms with Crippen molar-refractivity contribution in [2.45, 2.75) is 6.92 Å². The number of aryl methyl sites for hydroxylation is 1. The van der Waals surface area contributed by atoms with Gasteiger partial charge in [0.05, 0.1) is 19.0 Å². The van der Waals surface area contributed by atoms with Crippen molar-refractivity contribution in [3.05, 3.63) is 42.2 Å². The predicted molar refractivity (Wildman–Crippen MR) is 65.4 cm³/mol. The fraction of sp³-hybridized carbons (Fsp3) is 0.154. The summed E-state index contributed by atoms with van der Waals surface area (Å²) in [4.78, 5) is 3.98. The van der Waals surface area contributed by atoms with Gasteiger partial charge < -0.3 is 10.5 Å². The first kappa shape index (κ1) is 10.5. The minimum absolute atomic E-state index is 0.659. The zero-order valence-electron chi connectivity index (χ0n) is 9.40. The van der Waals surface area contributed by atoms with Crippen LogP contribution in [0.5, 0.6) is 5.75 Å². The number of hydrogen-bond acceptors (Lipinski definition) is 3. The molecule has 2 aromatic rings. The van der Waals surface area contributed by atoms with Gasteiger partial charge in [-0.3, -0.25) is 4.98 Å². The van der Waals surface area contributed by atoms with Gasteiger partial charge in [0.2, 0.25) is 0 Å². The van der Waals surface area contributed by atoms with Crippen LogP contribution in [-0.4, -0.2) is 12.1 Å². The van der Waals surface area contributed by atoms with Crippen molar-refractivity contribution >= 4 is 5.69 Å². The van der Waals surface area contributed by atoms with Crippen LogP contribution in [0.1, 0.15) is 5.56 Å². The zero-order chi connectivity index (χ0) is 11.5. The second kappa shape index (κ2) is 4.23. The normalized spacial score (nSPS) is 10.1. The molecule has 0 radical (unpaired) electrons.